The van der Waals surface area contributed by atoms with E-state index < -0.39 is 0 Å². The second kappa shape index (κ2) is 5.07. The molecule has 1 aromatic carbocycles. The minimum atomic E-state index is -0.0736. The first kappa shape index (κ1) is 10.3. The molecule has 0 saturated carbocycles. The molecular formula is C11H13NO2. The molecule has 0 spiro atoms. The van der Waals surface area contributed by atoms with Gasteiger partial charge >= 0.3 is 0 Å². The van der Waals surface area contributed by atoms with E-state index in [9.17, 15) is 4.79 Å². The quantitative estimate of drug-likeness (QED) is 0.703. The zero-order chi connectivity index (χ0) is 10.4. The van der Waals surface area contributed by atoms with Crippen molar-refractivity contribution in [2.45, 2.75) is 6.42 Å². The summed E-state index contributed by atoms with van der Waals surface area (Å²) >= 11 is 0. The molecule has 0 saturated heterocycles. The van der Waals surface area contributed by atoms with E-state index in [1.807, 2.05) is 0 Å². The number of phenolic OH excluding ortho intramolecular Hbond substituents is 1. The van der Waals surface area contributed by atoms with E-state index in [0.29, 0.717) is 6.54 Å². The zero-order valence-electron chi connectivity index (χ0n) is 7.86. The lowest BCUT2D eigenvalue weighted by atomic mass is 10.1. The van der Waals surface area contributed by atoms with Gasteiger partial charge in [-0.05, 0) is 17.7 Å². The number of rotatable bonds is 4. The zero-order valence-corrected chi connectivity index (χ0v) is 7.86. The van der Waals surface area contributed by atoms with Gasteiger partial charge in [0.15, 0.2) is 0 Å². The SMILES string of the molecule is C=CCNC(=O)Cc1cccc(O)c1. The third kappa shape index (κ3) is 3.31. The molecule has 0 atom stereocenters. The number of nitrogens with one attached hydrogen (secondary N) is 1. The Bertz CT molecular complexity index is 334. The standard InChI is InChI=1S/C11H13NO2/c1-2-6-12-11(14)8-9-4-3-5-10(13)7-9/h2-5,7,13H,1,6,8H2,(H,12,14). The molecule has 0 heterocycles. The summed E-state index contributed by atoms with van der Waals surface area (Å²) in [4.78, 5) is 11.2. The van der Waals surface area contributed by atoms with E-state index >= 15 is 0 Å². The van der Waals surface area contributed by atoms with Crippen LogP contribution in [0.25, 0.3) is 0 Å². The number of phenols is 1. The van der Waals surface area contributed by atoms with E-state index in [2.05, 4.69) is 11.9 Å². The first-order chi connectivity index (χ1) is 6.72. The third-order valence-electron chi connectivity index (χ3n) is 1.72. The van der Waals surface area contributed by atoms with Crippen molar-refractivity contribution in [3.05, 3.63) is 42.5 Å². The number of aromatic hydroxyl groups is 1. The Labute approximate surface area is 83.1 Å². The third-order valence-corrected chi connectivity index (χ3v) is 1.72. The first-order valence-corrected chi connectivity index (χ1v) is 4.38. The van der Waals surface area contributed by atoms with E-state index in [1.54, 1.807) is 30.3 Å². The molecule has 74 valence electrons. The van der Waals surface area contributed by atoms with Crippen LogP contribution in [-0.2, 0) is 11.2 Å². The summed E-state index contributed by atoms with van der Waals surface area (Å²) in [5.74, 6) is 0.106. The summed E-state index contributed by atoms with van der Waals surface area (Å²) in [6.45, 7) is 3.97. The molecule has 1 amide bonds. The Morgan fingerprint density at radius 2 is 2.36 bits per heavy atom. The fourth-order valence-corrected chi connectivity index (χ4v) is 1.10. The highest BCUT2D eigenvalue weighted by molar-refractivity contribution is 5.78. The van der Waals surface area contributed by atoms with Crippen molar-refractivity contribution >= 4 is 5.91 Å². The van der Waals surface area contributed by atoms with Crippen molar-refractivity contribution in [3.8, 4) is 5.75 Å². The fourth-order valence-electron chi connectivity index (χ4n) is 1.10. The van der Waals surface area contributed by atoms with Crippen LogP contribution < -0.4 is 5.32 Å². The van der Waals surface area contributed by atoms with Crippen LogP contribution in [0.1, 0.15) is 5.56 Å². The maximum atomic E-state index is 11.2. The van der Waals surface area contributed by atoms with Gasteiger partial charge in [0.2, 0.25) is 5.91 Å². The Balaban J connectivity index is 2.51. The van der Waals surface area contributed by atoms with Crippen LogP contribution in [0.4, 0.5) is 0 Å². The predicted octanol–water partition coefficient (Wildman–Crippen LogP) is 1.24. The molecular weight excluding hydrogens is 178 g/mol. The van der Waals surface area contributed by atoms with Gasteiger partial charge in [-0.1, -0.05) is 18.2 Å². The van der Waals surface area contributed by atoms with Gasteiger partial charge in [-0.15, -0.1) is 6.58 Å². The molecule has 0 aliphatic rings. The highest BCUT2D eigenvalue weighted by Crippen LogP contribution is 2.10. The molecule has 0 fully saturated rings. The van der Waals surface area contributed by atoms with Gasteiger partial charge in [-0.3, -0.25) is 4.79 Å². The molecule has 0 aliphatic carbocycles. The lowest BCUT2D eigenvalue weighted by molar-refractivity contribution is -0.120. The predicted molar refractivity (Wildman–Crippen MR) is 55.0 cm³/mol. The maximum Gasteiger partial charge on any atom is 0.224 e. The number of amides is 1. The summed E-state index contributed by atoms with van der Waals surface area (Å²) in [5, 5.41) is 11.8. The minimum Gasteiger partial charge on any atom is -0.508 e. The Kier molecular flexibility index (Phi) is 3.73. The van der Waals surface area contributed by atoms with Crippen LogP contribution in [0.5, 0.6) is 5.75 Å². The van der Waals surface area contributed by atoms with Gasteiger partial charge in [0.25, 0.3) is 0 Å². The first-order valence-electron chi connectivity index (χ1n) is 4.38. The Morgan fingerprint density at radius 1 is 1.57 bits per heavy atom. The molecule has 0 bridgehead atoms. The van der Waals surface area contributed by atoms with Gasteiger partial charge in [0.1, 0.15) is 5.75 Å². The summed E-state index contributed by atoms with van der Waals surface area (Å²) < 4.78 is 0. The highest BCUT2D eigenvalue weighted by Gasteiger charge is 2.01. The molecule has 3 nitrogen and oxygen atoms in total. The van der Waals surface area contributed by atoms with Gasteiger partial charge in [-0.25, -0.2) is 0 Å². The molecule has 0 radical (unpaired) electrons. The molecule has 0 unspecified atom stereocenters. The summed E-state index contributed by atoms with van der Waals surface area (Å²) in [6.07, 6.45) is 1.91. The molecule has 14 heavy (non-hydrogen) atoms. The number of benzene rings is 1. The second-order valence-corrected chi connectivity index (χ2v) is 2.94. The van der Waals surface area contributed by atoms with E-state index in [0.717, 1.165) is 5.56 Å². The van der Waals surface area contributed by atoms with Crippen LogP contribution in [0, 0.1) is 0 Å². The molecule has 3 heteroatoms. The van der Waals surface area contributed by atoms with Crippen LogP contribution in [-0.4, -0.2) is 17.6 Å². The van der Waals surface area contributed by atoms with Crippen molar-refractivity contribution in [1.82, 2.24) is 5.32 Å². The smallest absolute Gasteiger partial charge is 0.224 e. The Morgan fingerprint density at radius 3 is 3.00 bits per heavy atom. The van der Waals surface area contributed by atoms with Crippen molar-refractivity contribution in [3.63, 3.8) is 0 Å². The van der Waals surface area contributed by atoms with Crippen LogP contribution >= 0.6 is 0 Å². The molecule has 0 aliphatic heterocycles. The lowest BCUT2D eigenvalue weighted by Gasteiger charge is -2.02. The monoisotopic (exact) mass is 191 g/mol. The number of carbonyl (C=O) groups is 1. The summed E-state index contributed by atoms with van der Waals surface area (Å²) in [6, 6.07) is 6.66. The van der Waals surface area contributed by atoms with E-state index in [4.69, 9.17) is 5.11 Å². The highest BCUT2D eigenvalue weighted by atomic mass is 16.3. The van der Waals surface area contributed by atoms with Gasteiger partial charge in [-0.2, -0.15) is 0 Å². The fraction of sp³-hybridized carbons (Fsp3) is 0.182. The maximum absolute atomic E-state index is 11.2. The van der Waals surface area contributed by atoms with Crippen molar-refractivity contribution in [2.75, 3.05) is 6.54 Å². The lowest BCUT2D eigenvalue weighted by Crippen LogP contribution is -2.24. The summed E-state index contributed by atoms with van der Waals surface area (Å²) in [7, 11) is 0. The van der Waals surface area contributed by atoms with Gasteiger partial charge in [0, 0.05) is 6.54 Å². The number of carbonyl (C=O) groups excluding carboxylic acids is 1. The van der Waals surface area contributed by atoms with Crippen molar-refractivity contribution in [2.24, 2.45) is 0 Å². The van der Waals surface area contributed by atoms with Crippen LogP contribution in [0.3, 0.4) is 0 Å². The minimum absolute atomic E-state index is 0.0736. The average molecular weight is 191 g/mol. The Hall–Kier alpha value is -1.77. The average Bonchev–Trinajstić information content (AvgIpc) is 2.15. The molecule has 1 aromatic rings. The topological polar surface area (TPSA) is 49.3 Å². The van der Waals surface area contributed by atoms with Gasteiger partial charge < -0.3 is 10.4 Å². The van der Waals surface area contributed by atoms with Crippen molar-refractivity contribution in [1.29, 1.82) is 0 Å². The molecule has 2 N–H and O–H groups in total. The van der Waals surface area contributed by atoms with Crippen LogP contribution in [0.15, 0.2) is 36.9 Å². The van der Waals surface area contributed by atoms with E-state index in [-0.39, 0.29) is 18.1 Å². The van der Waals surface area contributed by atoms with Crippen molar-refractivity contribution < 1.29 is 9.90 Å². The van der Waals surface area contributed by atoms with E-state index in [1.165, 1.54) is 0 Å². The van der Waals surface area contributed by atoms with Gasteiger partial charge in [0.05, 0.1) is 6.42 Å². The number of hydrogen-bond donors (Lipinski definition) is 2. The summed E-state index contributed by atoms with van der Waals surface area (Å²) in [5.41, 5.74) is 0.798. The molecule has 0 aromatic heterocycles. The normalized spacial score (nSPS) is 9.43. The number of hydrogen-bond acceptors (Lipinski definition) is 2. The second-order valence-electron chi connectivity index (χ2n) is 2.94. The largest absolute Gasteiger partial charge is 0.508 e. The molecule has 1 rings (SSSR count). The van der Waals surface area contributed by atoms with Crippen LogP contribution in [0.2, 0.25) is 0 Å².